The van der Waals surface area contributed by atoms with Gasteiger partial charge in [-0.3, -0.25) is 4.79 Å². The van der Waals surface area contributed by atoms with Gasteiger partial charge in [0.1, 0.15) is 0 Å². The van der Waals surface area contributed by atoms with Gasteiger partial charge in [-0.15, -0.1) is 0 Å². The van der Waals surface area contributed by atoms with E-state index in [0.717, 1.165) is 5.56 Å². The van der Waals surface area contributed by atoms with Crippen molar-refractivity contribution in [3.05, 3.63) is 35.4 Å². The fourth-order valence-corrected chi connectivity index (χ4v) is 3.01. The molecule has 0 bridgehead atoms. The summed E-state index contributed by atoms with van der Waals surface area (Å²) >= 11 is 0. The van der Waals surface area contributed by atoms with Crippen molar-refractivity contribution in [3.63, 3.8) is 0 Å². The number of aromatic carboxylic acids is 1. The van der Waals surface area contributed by atoms with Gasteiger partial charge in [-0.1, -0.05) is 31.4 Å². The summed E-state index contributed by atoms with van der Waals surface area (Å²) in [5.74, 6) is -0.342. The van der Waals surface area contributed by atoms with E-state index >= 15 is 0 Å². The summed E-state index contributed by atoms with van der Waals surface area (Å²) in [4.78, 5) is 22.8. The first-order valence-electron chi connectivity index (χ1n) is 7.68. The van der Waals surface area contributed by atoms with Crippen LogP contribution in [0, 0.1) is 5.92 Å². The van der Waals surface area contributed by atoms with Gasteiger partial charge in [0.2, 0.25) is 5.91 Å². The van der Waals surface area contributed by atoms with Crippen molar-refractivity contribution in [2.24, 2.45) is 5.92 Å². The van der Waals surface area contributed by atoms with E-state index in [0.29, 0.717) is 12.3 Å². The normalized spacial score (nSPS) is 17.2. The Labute approximate surface area is 125 Å². The quantitative estimate of drug-likeness (QED) is 0.875. The van der Waals surface area contributed by atoms with Crippen molar-refractivity contribution >= 4 is 11.9 Å². The van der Waals surface area contributed by atoms with Gasteiger partial charge in [0.05, 0.1) is 12.0 Å². The molecule has 1 fully saturated rings. The molecule has 114 valence electrons. The largest absolute Gasteiger partial charge is 0.478 e. The molecule has 0 radical (unpaired) electrons. The molecular weight excluding hydrogens is 266 g/mol. The van der Waals surface area contributed by atoms with Gasteiger partial charge in [-0.05, 0) is 43.4 Å². The standard InChI is InChI=1S/C17H23NO3/c1-12(14-5-3-2-4-6-14)18-16(19)11-13-7-9-15(10-8-13)17(20)21/h7-10,12,14H,2-6,11H2,1H3,(H,18,19)(H,20,21). The molecule has 0 heterocycles. The van der Waals surface area contributed by atoms with E-state index in [9.17, 15) is 9.59 Å². The van der Waals surface area contributed by atoms with Crippen LogP contribution < -0.4 is 5.32 Å². The summed E-state index contributed by atoms with van der Waals surface area (Å²) in [6, 6.07) is 6.70. The number of carbonyl (C=O) groups is 2. The smallest absolute Gasteiger partial charge is 0.335 e. The summed E-state index contributed by atoms with van der Waals surface area (Å²) in [5, 5.41) is 11.9. The number of carboxylic acids is 1. The first kappa shape index (κ1) is 15.5. The third-order valence-electron chi connectivity index (χ3n) is 4.31. The summed E-state index contributed by atoms with van der Waals surface area (Å²) in [6.45, 7) is 2.08. The third kappa shape index (κ3) is 4.59. The molecule has 1 aromatic rings. The summed E-state index contributed by atoms with van der Waals surface area (Å²) < 4.78 is 0. The molecule has 2 N–H and O–H groups in total. The Morgan fingerprint density at radius 1 is 1.19 bits per heavy atom. The number of carboxylic acid groups (broad SMARTS) is 1. The molecule has 2 rings (SSSR count). The molecule has 1 unspecified atom stereocenters. The molecule has 0 saturated heterocycles. The lowest BCUT2D eigenvalue weighted by atomic mass is 9.84. The number of carbonyl (C=O) groups excluding carboxylic acids is 1. The SMILES string of the molecule is CC(NC(=O)Cc1ccc(C(=O)O)cc1)C1CCCCC1. The van der Waals surface area contributed by atoms with Gasteiger partial charge in [0.15, 0.2) is 0 Å². The van der Waals surface area contributed by atoms with Gasteiger partial charge < -0.3 is 10.4 Å². The predicted molar refractivity (Wildman–Crippen MR) is 81.3 cm³/mol. The number of rotatable bonds is 5. The van der Waals surface area contributed by atoms with Crippen LogP contribution in [0.15, 0.2) is 24.3 Å². The second-order valence-electron chi connectivity index (χ2n) is 5.93. The highest BCUT2D eigenvalue weighted by Crippen LogP contribution is 2.26. The third-order valence-corrected chi connectivity index (χ3v) is 4.31. The maximum absolute atomic E-state index is 12.1. The van der Waals surface area contributed by atoms with Gasteiger partial charge in [-0.2, -0.15) is 0 Å². The molecule has 0 aliphatic heterocycles. The zero-order valence-corrected chi connectivity index (χ0v) is 12.5. The van der Waals surface area contributed by atoms with Crippen LogP contribution in [-0.4, -0.2) is 23.0 Å². The number of hydrogen-bond donors (Lipinski definition) is 2. The van der Waals surface area contributed by atoms with Crippen LogP contribution in [0.2, 0.25) is 0 Å². The predicted octanol–water partition coefficient (Wildman–Crippen LogP) is 3.01. The minimum absolute atomic E-state index is 0.0103. The highest BCUT2D eigenvalue weighted by molar-refractivity contribution is 5.87. The Morgan fingerprint density at radius 2 is 1.81 bits per heavy atom. The fraction of sp³-hybridized carbons (Fsp3) is 0.529. The minimum Gasteiger partial charge on any atom is -0.478 e. The van der Waals surface area contributed by atoms with Crippen molar-refractivity contribution in [2.75, 3.05) is 0 Å². The van der Waals surface area contributed by atoms with Crippen LogP contribution in [0.4, 0.5) is 0 Å². The molecule has 1 saturated carbocycles. The highest BCUT2D eigenvalue weighted by atomic mass is 16.4. The molecule has 1 aliphatic carbocycles. The van der Waals surface area contributed by atoms with Crippen molar-refractivity contribution in [1.29, 1.82) is 0 Å². The number of amides is 1. The van der Waals surface area contributed by atoms with Crippen molar-refractivity contribution in [1.82, 2.24) is 5.32 Å². The molecule has 4 nitrogen and oxygen atoms in total. The summed E-state index contributed by atoms with van der Waals surface area (Å²) in [5.41, 5.74) is 1.09. The Hall–Kier alpha value is -1.84. The first-order valence-corrected chi connectivity index (χ1v) is 7.68. The zero-order valence-electron chi connectivity index (χ0n) is 12.5. The van der Waals surface area contributed by atoms with Gasteiger partial charge >= 0.3 is 5.97 Å². The van der Waals surface area contributed by atoms with Crippen LogP contribution in [0.3, 0.4) is 0 Å². The Kier molecular flexibility index (Phi) is 5.37. The molecule has 0 aromatic heterocycles. The van der Waals surface area contributed by atoms with E-state index in [4.69, 9.17) is 5.11 Å². The molecule has 0 spiro atoms. The van der Waals surface area contributed by atoms with E-state index in [1.54, 1.807) is 12.1 Å². The molecule has 1 aromatic carbocycles. The minimum atomic E-state index is -0.947. The van der Waals surface area contributed by atoms with Crippen molar-refractivity contribution in [2.45, 2.75) is 51.5 Å². The lowest BCUT2D eigenvalue weighted by molar-refractivity contribution is -0.121. The number of benzene rings is 1. The van der Waals surface area contributed by atoms with Gasteiger partial charge in [0, 0.05) is 6.04 Å². The highest BCUT2D eigenvalue weighted by Gasteiger charge is 2.21. The molecule has 1 aliphatic rings. The van der Waals surface area contributed by atoms with E-state index in [2.05, 4.69) is 12.2 Å². The van der Waals surface area contributed by atoms with E-state index in [1.807, 2.05) is 0 Å². The lowest BCUT2D eigenvalue weighted by Gasteiger charge is -2.28. The van der Waals surface area contributed by atoms with E-state index < -0.39 is 5.97 Å². The van der Waals surface area contributed by atoms with Crippen LogP contribution >= 0.6 is 0 Å². The second kappa shape index (κ2) is 7.25. The average molecular weight is 289 g/mol. The molecule has 1 amide bonds. The molecule has 21 heavy (non-hydrogen) atoms. The van der Waals surface area contributed by atoms with Crippen LogP contribution in [-0.2, 0) is 11.2 Å². The average Bonchev–Trinajstić information content (AvgIpc) is 2.48. The molecular formula is C17H23NO3. The summed E-state index contributed by atoms with van der Waals surface area (Å²) in [6.07, 6.45) is 6.55. The first-order chi connectivity index (χ1) is 10.1. The lowest BCUT2D eigenvalue weighted by Crippen LogP contribution is -2.39. The Morgan fingerprint density at radius 3 is 2.38 bits per heavy atom. The van der Waals surface area contributed by atoms with Gasteiger partial charge in [0.25, 0.3) is 0 Å². The molecule has 1 atom stereocenters. The Balaban J connectivity index is 1.84. The number of hydrogen-bond acceptors (Lipinski definition) is 2. The molecule has 4 heteroatoms. The van der Waals surface area contributed by atoms with Crippen molar-refractivity contribution in [3.8, 4) is 0 Å². The topological polar surface area (TPSA) is 66.4 Å². The maximum Gasteiger partial charge on any atom is 0.335 e. The van der Waals surface area contributed by atoms with Crippen molar-refractivity contribution < 1.29 is 14.7 Å². The Bertz CT molecular complexity index is 489. The monoisotopic (exact) mass is 289 g/mol. The van der Waals surface area contributed by atoms with Crippen LogP contribution in [0.5, 0.6) is 0 Å². The van der Waals surface area contributed by atoms with Crippen LogP contribution in [0.1, 0.15) is 54.9 Å². The fourth-order valence-electron chi connectivity index (χ4n) is 3.01. The van der Waals surface area contributed by atoms with E-state index in [1.165, 1.54) is 44.2 Å². The number of nitrogens with one attached hydrogen (secondary N) is 1. The zero-order chi connectivity index (χ0) is 15.2. The van der Waals surface area contributed by atoms with E-state index in [-0.39, 0.29) is 17.5 Å². The summed E-state index contributed by atoms with van der Waals surface area (Å²) in [7, 11) is 0. The van der Waals surface area contributed by atoms with Crippen LogP contribution in [0.25, 0.3) is 0 Å². The van der Waals surface area contributed by atoms with Gasteiger partial charge in [-0.25, -0.2) is 4.79 Å². The second-order valence-corrected chi connectivity index (χ2v) is 5.93. The maximum atomic E-state index is 12.1.